The number of benzene rings is 1. The van der Waals surface area contributed by atoms with Crippen LogP contribution in [-0.2, 0) is 12.7 Å². The Bertz CT molecular complexity index is 695. The topological polar surface area (TPSA) is 48.0 Å². The summed E-state index contributed by atoms with van der Waals surface area (Å²) in [6.45, 7) is -0.0768. The van der Waals surface area contributed by atoms with Crippen LogP contribution < -0.4 is 11.3 Å². The summed E-state index contributed by atoms with van der Waals surface area (Å²) in [4.78, 5) is 11.6. The Labute approximate surface area is 117 Å². The van der Waals surface area contributed by atoms with Gasteiger partial charge in [0, 0.05) is 23.0 Å². The Morgan fingerprint density at radius 1 is 1.20 bits per heavy atom. The van der Waals surface area contributed by atoms with Gasteiger partial charge in [-0.2, -0.15) is 13.2 Å². The molecule has 7 heteroatoms. The van der Waals surface area contributed by atoms with Crippen molar-refractivity contribution in [2.24, 2.45) is 0 Å². The molecule has 20 heavy (non-hydrogen) atoms. The van der Waals surface area contributed by atoms with Gasteiger partial charge in [-0.05, 0) is 29.8 Å². The molecule has 2 aromatic rings. The third-order valence-electron chi connectivity index (χ3n) is 2.72. The van der Waals surface area contributed by atoms with Gasteiger partial charge < -0.3 is 10.3 Å². The number of halogens is 4. The van der Waals surface area contributed by atoms with Crippen molar-refractivity contribution < 1.29 is 13.2 Å². The summed E-state index contributed by atoms with van der Waals surface area (Å²) in [5.41, 5.74) is 5.06. The molecule has 2 N–H and O–H groups in total. The molecule has 0 amide bonds. The summed E-state index contributed by atoms with van der Waals surface area (Å²) in [5.74, 6) is 0. The average Bonchev–Trinajstić information content (AvgIpc) is 2.35. The molecule has 0 aliphatic carbocycles. The van der Waals surface area contributed by atoms with Crippen LogP contribution >= 0.6 is 11.6 Å². The lowest BCUT2D eigenvalue weighted by Crippen LogP contribution is -2.22. The van der Waals surface area contributed by atoms with E-state index in [1.165, 1.54) is 12.1 Å². The minimum atomic E-state index is -4.50. The largest absolute Gasteiger partial charge is 0.417 e. The van der Waals surface area contributed by atoms with Crippen molar-refractivity contribution in [3.8, 4) is 0 Å². The quantitative estimate of drug-likeness (QED) is 0.866. The monoisotopic (exact) mass is 302 g/mol. The van der Waals surface area contributed by atoms with Crippen LogP contribution in [0.2, 0.25) is 5.02 Å². The van der Waals surface area contributed by atoms with E-state index in [4.69, 9.17) is 17.3 Å². The molecular formula is C13H10ClF3N2O. The molecule has 3 nitrogen and oxygen atoms in total. The van der Waals surface area contributed by atoms with E-state index >= 15 is 0 Å². The Morgan fingerprint density at radius 2 is 1.90 bits per heavy atom. The molecule has 0 unspecified atom stereocenters. The van der Waals surface area contributed by atoms with Gasteiger partial charge >= 0.3 is 6.18 Å². The lowest BCUT2D eigenvalue weighted by molar-refractivity contribution is -0.138. The van der Waals surface area contributed by atoms with Crippen LogP contribution in [0.15, 0.2) is 41.3 Å². The van der Waals surface area contributed by atoms with Crippen molar-refractivity contribution in [3.05, 3.63) is 63.0 Å². The summed E-state index contributed by atoms with van der Waals surface area (Å²) in [7, 11) is 0. The third kappa shape index (κ3) is 3.14. The second-order valence-corrected chi connectivity index (χ2v) is 4.64. The number of nitrogen functional groups attached to an aromatic ring is 1. The van der Waals surface area contributed by atoms with Gasteiger partial charge in [0.2, 0.25) is 0 Å². The predicted molar refractivity (Wildman–Crippen MR) is 70.7 cm³/mol. The van der Waals surface area contributed by atoms with E-state index in [-0.39, 0.29) is 6.54 Å². The molecule has 0 fully saturated rings. The van der Waals surface area contributed by atoms with Gasteiger partial charge in [-0.3, -0.25) is 4.79 Å². The molecule has 0 spiro atoms. The van der Waals surface area contributed by atoms with Crippen molar-refractivity contribution in [2.45, 2.75) is 12.7 Å². The van der Waals surface area contributed by atoms with Crippen LogP contribution in [0, 0.1) is 0 Å². The van der Waals surface area contributed by atoms with Crippen molar-refractivity contribution in [1.82, 2.24) is 4.57 Å². The lowest BCUT2D eigenvalue weighted by atomic mass is 10.2. The predicted octanol–water partition coefficient (Wildman–Crippen LogP) is 3.15. The summed E-state index contributed by atoms with van der Waals surface area (Å²) in [6.07, 6.45) is -3.74. The molecular weight excluding hydrogens is 293 g/mol. The molecule has 2 rings (SSSR count). The highest BCUT2D eigenvalue weighted by Gasteiger charge is 2.31. The highest BCUT2D eigenvalue weighted by molar-refractivity contribution is 6.31. The van der Waals surface area contributed by atoms with E-state index in [0.29, 0.717) is 16.3 Å². The number of alkyl halides is 3. The maximum absolute atomic E-state index is 12.6. The summed E-state index contributed by atoms with van der Waals surface area (Å²) < 4.78 is 38.8. The average molecular weight is 303 g/mol. The van der Waals surface area contributed by atoms with E-state index in [1.54, 1.807) is 6.07 Å². The zero-order valence-corrected chi connectivity index (χ0v) is 10.9. The number of hydrogen-bond donors (Lipinski definition) is 1. The van der Waals surface area contributed by atoms with E-state index in [2.05, 4.69) is 0 Å². The number of pyridine rings is 1. The van der Waals surface area contributed by atoms with Gasteiger partial charge in [-0.1, -0.05) is 11.6 Å². The molecule has 1 heterocycles. The van der Waals surface area contributed by atoms with Gasteiger partial charge in [-0.15, -0.1) is 0 Å². The first-order valence-electron chi connectivity index (χ1n) is 5.59. The number of anilines is 1. The van der Waals surface area contributed by atoms with Crippen molar-refractivity contribution >= 4 is 17.3 Å². The lowest BCUT2D eigenvalue weighted by Gasteiger charge is -2.12. The van der Waals surface area contributed by atoms with Gasteiger partial charge in [0.15, 0.2) is 0 Å². The van der Waals surface area contributed by atoms with E-state index in [0.717, 1.165) is 22.9 Å². The van der Waals surface area contributed by atoms with Crippen LogP contribution in [-0.4, -0.2) is 4.57 Å². The fourth-order valence-electron chi connectivity index (χ4n) is 1.72. The maximum Gasteiger partial charge on any atom is 0.417 e. The SMILES string of the molecule is Nc1ccc(Cl)c(Cn2cc(C(F)(F)F)ccc2=O)c1. The normalized spacial score (nSPS) is 11.6. The van der Waals surface area contributed by atoms with Crippen LogP contribution in [0.5, 0.6) is 0 Å². The zero-order valence-electron chi connectivity index (χ0n) is 10.1. The van der Waals surface area contributed by atoms with Gasteiger partial charge in [-0.25, -0.2) is 0 Å². The molecule has 106 valence electrons. The molecule has 0 saturated heterocycles. The van der Waals surface area contributed by atoms with Crippen LogP contribution in [0.4, 0.5) is 18.9 Å². The Balaban J connectivity index is 2.43. The van der Waals surface area contributed by atoms with Gasteiger partial charge in [0.1, 0.15) is 0 Å². The maximum atomic E-state index is 12.6. The molecule has 0 aliphatic heterocycles. The fraction of sp³-hybridized carbons (Fsp3) is 0.154. The van der Waals surface area contributed by atoms with Crippen LogP contribution in [0.25, 0.3) is 0 Å². The standard InChI is InChI=1S/C13H10ClF3N2O/c14-11-3-2-10(18)5-8(11)6-19-7-9(13(15,16)17)1-4-12(19)20/h1-5,7H,6,18H2. The Kier molecular flexibility index (Phi) is 3.76. The number of nitrogens with zero attached hydrogens (tertiary/aromatic N) is 1. The van der Waals surface area contributed by atoms with Gasteiger partial charge in [0.05, 0.1) is 12.1 Å². The molecule has 0 bridgehead atoms. The molecule has 0 radical (unpaired) electrons. The second kappa shape index (κ2) is 5.20. The van der Waals surface area contributed by atoms with Crippen LogP contribution in [0.3, 0.4) is 0 Å². The minimum absolute atomic E-state index is 0.0768. The van der Waals surface area contributed by atoms with E-state index in [9.17, 15) is 18.0 Å². The first kappa shape index (κ1) is 14.5. The van der Waals surface area contributed by atoms with E-state index in [1.807, 2.05) is 0 Å². The summed E-state index contributed by atoms with van der Waals surface area (Å²) in [5, 5.41) is 0.337. The van der Waals surface area contributed by atoms with Gasteiger partial charge in [0.25, 0.3) is 5.56 Å². The van der Waals surface area contributed by atoms with Crippen LogP contribution in [0.1, 0.15) is 11.1 Å². The highest BCUT2D eigenvalue weighted by Crippen LogP contribution is 2.28. The Hall–Kier alpha value is -1.95. The second-order valence-electron chi connectivity index (χ2n) is 4.23. The summed E-state index contributed by atoms with van der Waals surface area (Å²) in [6, 6.07) is 6.25. The van der Waals surface area contributed by atoms with Crippen molar-refractivity contribution in [1.29, 1.82) is 0 Å². The molecule has 1 aromatic carbocycles. The fourth-order valence-corrected chi connectivity index (χ4v) is 1.90. The first-order valence-corrected chi connectivity index (χ1v) is 5.97. The highest BCUT2D eigenvalue weighted by atomic mass is 35.5. The minimum Gasteiger partial charge on any atom is -0.399 e. The smallest absolute Gasteiger partial charge is 0.399 e. The number of nitrogens with two attached hydrogens (primary N) is 1. The zero-order chi connectivity index (χ0) is 14.9. The molecule has 0 aliphatic rings. The third-order valence-corrected chi connectivity index (χ3v) is 3.09. The number of hydrogen-bond acceptors (Lipinski definition) is 2. The molecule has 1 aromatic heterocycles. The first-order chi connectivity index (χ1) is 9.27. The van der Waals surface area contributed by atoms with Crippen molar-refractivity contribution in [2.75, 3.05) is 5.73 Å². The summed E-state index contributed by atoms with van der Waals surface area (Å²) >= 11 is 5.94. The molecule has 0 saturated carbocycles. The van der Waals surface area contributed by atoms with Crippen molar-refractivity contribution in [3.63, 3.8) is 0 Å². The van der Waals surface area contributed by atoms with E-state index < -0.39 is 17.3 Å². The molecule has 0 atom stereocenters. The Morgan fingerprint density at radius 3 is 2.55 bits per heavy atom. The number of aromatic nitrogens is 1. The number of rotatable bonds is 2.